The number of piperazine rings is 1. The molecule has 0 unspecified atom stereocenters. The molecular formula is C14H21N3O. The van der Waals surface area contributed by atoms with Crippen LogP contribution in [-0.2, 0) is 0 Å². The van der Waals surface area contributed by atoms with Crippen molar-refractivity contribution in [2.45, 2.75) is 26.8 Å². The molecule has 1 aliphatic rings. The zero-order valence-electron chi connectivity index (χ0n) is 11.4. The topological polar surface area (TPSA) is 35.9 Å². The standard InChI is InChI=1S/C14H21N3O/c1-11(2)16-6-8-17(9-7-16)14-5-4-13(15-18)10-12(14)3/h4-5,10-11H,6-9H2,1-3H3. The van der Waals surface area contributed by atoms with Crippen molar-refractivity contribution in [3.8, 4) is 0 Å². The first-order valence-corrected chi connectivity index (χ1v) is 6.55. The predicted molar refractivity (Wildman–Crippen MR) is 75.6 cm³/mol. The number of aryl methyl sites for hydroxylation is 1. The summed E-state index contributed by atoms with van der Waals surface area (Å²) in [6, 6.07) is 6.29. The van der Waals surface area contributed by atoms with E-state index in [1.807, 2.05) is 19.1 Å². The fourth-order valence-corrected chi connectivity index (χ4v) is 2.53. The van der Waals surface area contributed by atoms with Gasteiger partial charge >= 0.3 is 0 Å². The van der Waals surface area contributed by atoms with E-state index in [1.54, 1.807) is 6.07 Å². The number of benzene rings is 1. The molecule has 0 aliphatic carbocycles. The average Bonchev–Trinajstić information content (AvgIpc) is 2.38. The molecule has 0 N–H and O–H groups in total. The second-order valence-electron chi connectivity index (χ2n) is 5.18. The van der Waals surface area contributed by atoms with Crippen LogP contribution >= 0.6 is 0 Å². The second-order valence-corrected chi connectivity index (χ2v) is 5.18. The summed E-state index contributed by atoms with van der Waals surface area (Å²) in [7, 11) is 0. The maximum atomic E-state index is 10.5. The van der Waals surface area contributed by atoms with Crippen LogP contribution in [0, 0.1) is 11.8 Å². The second kappa shape index (κ2) is 5.48. The van der Waals surface area contributed by atoms with Crippen LogP contribution in [0.15, 0.2) is 23.4 Å². The van der Waals surface area contributed by atoms with Crippen LogP contribution in [0.2, 0.25) is 0 Å². The summed E-state index contributed by atoms with van der Waals surface area (Å²) >= 11 is 0. The molecule has 2 rings (SSSR count). The third kappa shape index (κ3) is 2.70. The molecule has 1 aliphatic heterocycles. The monoisotopic (exact) mass is 247 g/mol. The average molecular weight is 247 g/mol. The normalized spacial score (nSPS) is 17.2. The highest BCUT2D eigenvalue weighted by Gasteiger charge is 2.19. The first-order valence-electron chi connectivity index (χ1n) is 6.55. The van der Waals surface area contributed by atoms with E-state index in [4.69, 9.17) is 0 Å². The minimum absolute atomic E-state index is 0.511. The van der Waals surface area contributed by atoms with Gasteiger partial charge in [-0.1, -0.05) is 0 Å². The Kier molecular flexibility index (Phi) is 3.97. The van der Waals surface area contributed by atoms with Gasteiger partial charge in [0.05, 0.1) is 0 Å². The van der Waals surface area contributed by atoms with E-state index in [0.717, 1.165) is 31.7 Å². The van der Waals surface area contributed by atoms with Crippen molar-refractivity contribution < 1.29 is 0 Å². The molecule has 1 fully saturated rings. The van der Waals surface area contributed by atoms with Crippen LogP contribution < -0.4 is 4.90 Å². The molecule has 1 saturated heterocycles. The van der Waals surface area contributed by atoms with Crippen molar-refractivity contribution in [3.05, 3.63) is 28.7 Å². The van der Waals surface area contributed by atoms with E-state index in [0.29, 0.717) is 11.7 Å². The van der Waals surface area contributed by atoms with Crippen molar-refractivity contribution in [3.63, 3.8) is 0 Å². The Labute approximate surface area is 109 Å². The Bertz CT molecular complexity index is 423. The molecule has 18 heavy (non-hydrogen) atoms. The smallest absolute Gasteiger partial charge is 0.108 e. The van der Waals surface area contributed by atoms with Gasteiger partial charge in [-0.05, 0) is 49.7 Å². The van der Waals surface area contributed by atoms with Gasteiger partial charge in [0.1, 0.15) is 5.69 Å². The van der Waals surface area contributed by atoms with Crippen molar-refractivity contribution >= 4 is 11.4 Å². The molecule has 1 aromatic rings. The van der Waals surface area contributed by atoms with Gasteiger partial charge in [0.25, 0.3) is 0 Å². The van der Waals surface area contributed by atoms with E-state index in [2.05, 4.69) is 28.8 Å². The molecule has 4 nitrogen and oxygen atoms in total. The summed E-state index contributed by atoms with van der Waals surface area (Å²) < 4.78 is 0. The van der Waals surface area contributed by atoms with Crippen LogP contribution in [0.4, 0.5) is 11.4 Å². The third-order valence-electron chi connectivity index (χ3n) is 3.67. The highest BCUT2D eigenvalue weighted by atomic mass is 16.3. The lowest BCUT2D eigenvalue weighted by molar-refractivity contribution is 0.209. The fourth-order valence-electron chi connectivity index (χ4n) is 2.53. The Morgan fingerprint density at radius 1 is 1.17 bits per heavy atom. The minimum Gasteiger partial charge on any atom is -0.369 e. The number of nitroso groups, excluding NO2 is 1. The Morgan fingerprint density at radius 2 is 1.83 bits per heavy atom. The van der Waals surface area contributed by atoms with Gasteiger partial charge in [-0.25, -0.2) is 0 Å². The highest BCUT2D eigenvalue weighted by molar-refractivity contribution is 5.59. The van der Waals surface area contributed by atoms with E-state index in [1.165, 1.54) is 5.69 Å². The summed E-state index contributed by atoms with van der Waals surface area (Å²) in [4.78, 5) is 15.4. The lowest BCUT2D eigenvalue weighted by Crippen LogP contribution is -2.49. The SMILES string of the molecule is Cc1cc(N=O)ccc1N1CCN(C(C)C)CC1. The molecule has 0 spiro atoms. The first kappa shape index (κ1) is 13.0. The van der Waals surface area contributed by atoms with Gasteiger partial charge in [-0.15, -0.1) is 4.91 Å². The number of nitrogens with zero attached hydrogens (tertiary/aromatic N) is 3. The van der Waals surface area contributed by atoms with Gasteiger partial charge < -0.3 is 4.90 Å². The third-order valence-corrected chi connectivity index (χ3v) is 3.67. The van der Waals surface area contributed by atoms with Gasteiger partial charge in [0.15, 0.2) is 0 Å². The van der Waals surface area contributed by atoms with Crippen molar-refractivity contribution in [2.75, 3.05) is 31.1 Å². The van der Waals surface area contributed by atoms with E-state index in [9.17, 15) is 4.91 Å². The molecule has 0 bridgehead atoms. The van der Waals surface area contributed by atoms with Crippen LogP contribution in [0.25, 0.3) is 0 Å². The zero-order valence-corrected chi connectivity index (χ0v) is 11.4. The molecule has 0 amide bonds. The van der Waals surface area contributed by atoms with Gasteiger partial charge in [0.2, 0.25) is 0 Å². The van der Waals surface area contributed by atoms with E-state index >= 15 is 0 Å². The lowest BCUT2D eigenvalue weighted by atomic mass is 10.1. The molecular weight excluding hydrogens is 226 g/mol. The molecule has 1 aromatic carbocycles. The zero-order chi connectivity index (χ0) is 13.1. The molecule has 0 saturated carbocycles. The summed E-state index contributed by atoms with van der Waals surface area (Å²) in [5.74, 6) is 0. The van der Waals surface area contributed by atoms with Crippen molar-refractivity contribution in [1.82, 2.24) is 4.90 Å². The molecule has 4 heteroatoms. The lowest BCUT2D eigenvalue weighted by Gasteiger charge is -2.38. The Hall–Kier alpha value is -1.42. The van der Waals surface area contributed by atoms with Crippen LogP contribution in [-0.4, -0.2) is 37.1 Å². The van der Waals surface area contributed by atoms with Crippen molar-refractivity contribution in [2.24, 2.45) is 5.18 Å². The van der Waals surface area contributed by atoms with Gasteiger partial charge in [-0.3, -0.25) is 4.90 Å². The van der Waals surface area contributed by atoms with E-state index in [-0.39, 0.29) is 0 Å². The van der Waals surface area contributed by atoms with E-state index < -0.39 is 0 Å². The van der Waals surface area contributed by atoms with Gasteiger partial charge in [-0.2, -0.15) is 0 Å². The number of anilines is 1. The maximum Gasteiger partial charge on any atom is 0.108 e. The fraction of sp³-hybridized carbons (Fsp3) is 0.571. The number of hydrogen-bond acceptors (Lipinski definition) is 4. The van der Waals surface area contributed by atoms with Crippen molar-refractivity contribution in [1.29, 1.82) is 0 Å². The summed E-state index contributed by atoms with van der Waals surface area (Å²) in [6.45, 7) is 10.8. The molecule has 0 radical (unpaired) electrons. The largest absolute Gasteiger partial charge is 0.369 e. The quantitative estimate of drug-likeness (QED) is 0.770. The first-order chi connectivity index (χ1) is 8.61. The summed E-state index contributed by atoms with van der Waals surface area (Å²) in [5, 5.41) is 2.98. The van der Waals surface area contributed by atoms with Crippen LogP contribution in [0.3, 0.4) is 0 Å². The van der Waals surface area contributed by atoms with Crippen LogP contribution in [0.1, 0.15) is 19.4 Å². The maximum absolute atomic E-state index is 10.5. The Balaban J connectivity index is 2.07. The number of hydrogen-bond donors (Lipinski definition) is 0. The molecule has 0 aromatic heterocycles. The molecule has 98 valence electrons. The molecule has 1 heterocycles. The number of rotatable bonds is 3. The molecule has 0 atom stereocenters. The summed E-state index contributed by atoms with van der Waals surface area (Å²) in [6.07, 6.45) is 0. The highest BCUT2D eigenvalue weighted by Crippen LogP contribution is 2.26. The van der Waals surface area contributed by atoms with Crippen LogP contribution in [0.5, 0.6) is 0 Å². The Morgan fingerprint density at radius 3 is 2.33 bits per heavy atom. The minimum atomic E-state index is 0.511. The summed E-state index contributed by atoms with van der Waals surface area (Å²) in [5.41, 5.74) is 2.87. The van der Waals surface area contributed by atoms with Gasteiger partial charge in [0, 0.05) is 37.9 Å². The predicted octanol–water partition coefficient (Wildman–Crippen LogP) is 2.92.